The quantitative estimate of drug-likeness (QED) is 0.233. The molecule has 1 atom stereocenters. The highest BCUT2D eigenvalue weighted by Crippen LogP contribution is 2.32. The number of rotatable bonds is 7. The Kier molecular flexibility index (Phi) is 7.34. The predicted octanol–water partition coefficient (Wildman–Crippen LogP) is 6.62. The minimum atomic E-state index is -0.660. The van der Waals surface area contributed by atoms with E-state index in [0.717, 1.165) is 11.3 Å². The van der Waals surface area contributed by atoms with Crippen LogP contribution in [0.4, 0.5) is 8.78 Å². The molecule has 0 bridgehead atoms. The van der Waals surface area contributed by atoms with E-state index in [1.54, 1.807) is 29.7 Å². The number of thiazole rings is 1. The maximum Gasteiger partial charge on any atom is 0.261 e. The smallest absolute Gasteiger partial charge is 0.261 e. The van der Waals surface area contributed by atoms with Crippen LogP contribution in [0.1, 0.15) is 47.3 Å². The Hall–Kier alpha value is -4.24. The van der Waals surface area contributed by atoms with Crippen molar-refractivity contribution in [2.75, 3.05) is 0 Å². The zero-order valence-corrected chi connectivity index (χ0v) is 22.5. The monoisotopic (exact) mass is 544 g/mol. The second-order valence-corrected chi connectivity index (χ2v) is 10.2. The molecule has 0 aliphatic heterocycles. The van der Waals surface area contributed by atoms with Crippen LogP contribution in [-0.4, -0.2) is 24.6 Å². The van der Waals surface area contributed by atoms with E-state index in [-0.39, 0.29) is 35.0 Å². The highest BCUT2D eigenvalue weighted by atomic mass is 32.1. The molecule has 3 aromatic heterocycles. The van der Waals surface area contributed by atoms with Gasteiger partial charge in [-0.25, -0.2) is 14.4 Å². The molecule has 3 heterocycles. The van der Waals surface area contributed by atoms with E-state index < -0.39 is 23.2 Å². The summed E-state index contributed by atoms with van der Waals surface area (Å²) in [5, 5.41) is 13.3. The molecule has 9 heteroatoms. The van der Waals surface area contributed by atoms with Gasteiger partial charge in [0.25, 0.3) is 5.56 Å². The van der Waals surface area contributed by atoms with E-state index in [4.69, 9.17) is 0 Å². The van der Waals surface area contributed by atoms with Crippen LogP contribution in [0.2, 0.25) is 0 Å². The SMILES string of the molecule is CC[C@@H](c1ccccc1)n1c(-c2nc(C)cs2)nc(O)c(Cc2ccc(-c3ccnc(F)c3C)c(F)c2)c1=O. The summed E-state index contributed by atoms with van der Waals surface area (Å²) in [4.78, 5) is 26.6. The van der Waals surface area contributed by atoms with Crippen molar-refractivity contribution in [1.82, 2.24) is 19.5 Å². The van der Waals surface area contributed by atoms with Gasteiger partial charge in [0.15, 0.2) is 10.8 Å². The van der Waals surface area contributed by atoms with Crippen molar-refractivity contribution in [3.63, 3.8) is 0 Å². The van der Waals surface area contributed by atoms with Crippen LogP contribution in [0.3, 0.4) is 0 Å². The molecule has 5 aromatic rings. The molecule has 2 aromatic carbocycles. The molecule has 1 N–H and O–H groups in total. The summed E-state index contributed by atoms with van der Waals surface area (Å²) in [6.45, 7) is 5.37. The van der Waals surface area contributed by atoms with E-state index in [2.05, 4.69) is 15.0 Å². The largest absolute Gasteiger partial charge is 0.493 e. The molecule has 0 aliphatic carbocycles. The van der Waals surface area contributed by atoms with Crippen LogP contribution in [0.25, 0.3) is 22.0 Å². The molecule has 0 spiro atoms. The van der Waals surface area contributed by atoms with Gasteiger partial charge in [-0.05, 0) is 49.1 Å². The lowest BCUT2D eigenvalue weighted by molar-refractivity contribution is 0.434. The van der Waals surface area contributed by atoms with Crippen LogP contribution < -0.4 is 5.56 Å². The van der Waals surface area contributed by atoms with Crippen molar-refractivity contribution in [2.24, 2.45) is 0 Å². The number of aromatic hydroxyl groups is 1. The number of nitrogens with zero attached hydrogens (tertiary/aromatic N) is 4. The number of aryl methyl sites for hydroxylation is 1. The third-order valence-corrected chi connectivity index (χ3v) is 7.68. The number of halogens is 2. The van der Waals surface area contributed by atoms with Gasteiger partial charge in [-0.1, -0.05) is 49.4 Å². The highest BCUT2D eigenvalue weighted by molar-refractivity contribution is 7.13. The molecule has 5 rings (SSSR count). The van der Waals surface area contributed by atoms with Crippen molar-refractivity contribution in [3.8, 4) is 27.8 Å². The summed E-state index contributed by atoms with van der Waals surface area (Å²) >= 11 is 1.35. The fourth-order valence-electron chi connectivity index (χ4n) is 4.75. The fourth-order valence-corrected chi connectivity index (χ4v) is 5.53. The lowest BCUT2D eigenvalue weighted by Gasteiger charge is -2.22. The Morgan fingerprint density at radius 2 is 1.79 bits per heavy atom. The molecule has 0 aliphatic rings. The lowest BCUT2D eigenvalue weighted by atomic mass is 9.98. The predicted molar refractivity (Wildman–Crippen MR) is 148 cm³/mol. The number of aromatic nitrogens is 4. The Morgan fingerprint density at radius 3 is 2.46 bits per heavy atom. The Balaban J connectivity index is 1.62. The zero-order valence-electron chi connectivity index (χ0n) is 21.7. The van der Waals surface area contributed by atoms with E-state index >= 15 is 4.39 Å². The molecule has 0 fully saturated rings. The molecule has 6 nitrogen and oxygen atoms in total. The number of benzene rings is 2. The maximum atomic E-state index is 15.2. The first kappa shape index (κ1) is 26.4. The first-order chi connectivity index (χ1) is 18.8. The van der Waals surface area contributed by atoms with Crippen LogP contribution in [0.5, 0.6) is 5.88 Å². The molecule has 0 unspecified atom stereocenters. The van der Waals surface area contributed by atoms with Gasteiger partial charge in [0.05, 0.1) is 11.6 Å². The van der Waals surface area contributed by atoms with Crippen molar-refractivity contribution < 1.29 is 13.9 Å². The molecular weight excluding hydrogens is 518 g/mol. The molecular formula is C30H26F2N4O2S. The molecule has 0 amide bonds. The van der Waals surface area contributed by atoms with Crippen LogP contribution >= 0.6 is 11.3 Å². The summed E-state index contributed by atoms with van der Waals surface area (Å²) in [5.74, 6) is -1.36. The van der Waals surface area contributed by atoms with Crippen molar-refractivity contribution in [2.45, 2.75) is 39.7 Å². The van der Waals surface area contributed by atoms with Crippen molar-refractivity contribution in [1.29, 1.82) is 0 Å². The van der Waals surface area contributed by atoms with Gasteiger partial charge < -0.3 is 5.11 Å². The first-order valence-corrected chi connectivity index (χ1v) is 13.4. The second-order valence-electron chi connectivity index (χ2n) is 9.31. The fraction of sp³-hybridized carbons (Fsp3) is 0.200. The normalized spacial score (nSPS) is 12.0. The minimum Gasteiger partial charge on any atom is -0.493 e. The minimum absolute atomic E-state index is 0.0407. The third kappa shape index (κ3) is 5.09. The van der Waals surface area contributed by atoms with Crippen molar-refractivity contribution in [3.05, 3.63) is 116 Å². The lowest BCUT2D eigenvalue weighted by Crippen LogP contribution is -2.31. The zero-order chi connectivity index (χ0) is 27.7. The van der Waals surface area contributed by atoms with Gasteiger partial charge in [-0.15, -0.1) is 11.3 Å². The Labute approximate surface area is 228 Å². The standard InChI is InChI=1S/C30H26F2N4O2S/c1-4-25(20-8-6-5-7-9-20)36-27(29-34-17(2)16-39-29)35-28(37)23(30(36)38)14-19-10-11-22(24(31)15-19)21-12-13-33-26(32)18(21)3/h5-13,15-16,25,37H,4,14H2,1-3H3/t25-/m0/s1. The topological polar surface area (TPSA) is 80.9 Å². The van der Waals surface area contributed by atoms with Crippen molar-refractivity contribution >= 4 is 11.3 Å². The maximum absolute atomic E-state index is 15.2. The van der Waals surface area contributed by atoms with Gasteiger partial charge in [0.2, 0.25) is 11.8 Å². The summed E-state index contributed by atoms with van der Waals surface area (Å²) < 4.78 is 30.7. The average Bonchev–Trinajstić information content (AvgIpc) is 3.36. The number of pyridine rings is 1. The Morgan fingerprint density at radius 1 is 1.03 bits per heavy atom. The third-order valence-electron chi connectivity index (χ3n) is 6.73. The first-order valence-electron chi connectivity index (χ1n) is 12.5. The van der Waals surface area contributed by atoms with Crippen LogP contribution in [0.15, 0.2) is 71.0 Å². The van der Waals surface area contributed by atoms with E-state index in [9.17, 15) is 14.3 Å². The van der Waals surface area contributed by atoms with Gasteiger partial charge in [0.1, 0.15) is 5.82 Å². The average molecular weight is 545 g/mol. The summed E-state index contributed by atoms with van der Waals surface area (Å²) in [6, 6.07) is 15.3. The highest BCUT2D eigenvalue weighted by Gasteiger charge is 2.25. The van der Waals surface area contributed by atoms with E-state index in [1.807, 2.05) is 49.6 Å². The van der Waals surface area contributed by atoms with Crippen LogP contribution in [-0.2, 0) is 6.42 Å². The second kappa shape index (κ2) is 10.9. The molecule has 39 heavy (non-hydrogen) atoms. The van der Waals surface area contributed by atoms with E-state index in [0.29, 0.717) is 22.6 Å². The molecule has 198 valence electrons. The van der Waals surface area contributed by atoms with Gasteiger partial charge in [-0.2, -0.15) is 9.37 Å². The molecule has 0 radical (unpaired) electrons. The Bertz CT molecular complexity index is 1720. The van der Waals surface area contributed by atoms with E-state index in [1.165, 1.54) is 23.6 Å². The van der Waals surface area contributed by atoms with Gasteiger partial charge >= 0.3 is 0 Å². The summed E-state index contributed by atoms with van der Waals surface area (Å²) in [5.41, 5.74) is 2.68. The molecule has 0 saturated heterocycles. The summed E-state index contributed by atoms with van der Waals surface area (Å²) in [6.07, 6.45) is 1.85. The van der Waals surface area contributed by atoms with Crippen LogP contribution in [0, 0.1) is 25.6 Å². The van der Waals surface area contributed by atoms with Gasteiger partial charge in [-0.3, -0.25) is 9.36 Å². The van der Waals surface area contributed by atoms with Gasteiger partial charge in [0, 0.05) is 34.8 Å². The summed E-state index contributed by atoms with van der Waals surface area (Å²) in [7, 11) is 0. The molecule has 0 saturated carbocycles. The number of hydrogen-bond donors (Lipinski definition) is 1. The number of hydrogen-bond acceptors (Lipinski definition) is 6.